The third-order valence-electron chi connectivity index (χ3n) is 3.58. The maximum absolute atomic E-state index is 5.33. The van der Waals surface area contributed by atoms with E-state index in [0.717, 1.165) is 23.8 Å². The van der Waals surface area contributed by atoms with Crippen molar-refractivity contribution in [1.82, 2.24) is 25.4 Å². The zero-order valence-electron chi connectivity index (χ0n) is 14.2. The van der Waals surface area contributed by atoms with E-state index >= 15 is 0 Å². The molecule has 2 aromatic heterocycles. The summed E-state index contributed by atoms with van der Waals surface area (Å²) < 4.78 is 7.13. The van der Waals surface area contributed by atoms with Crippen LogP contribution in [0.15, 0.2) is 64.7 Å². The van der Waals surface area contributed by atoms with Gasteiger partial charge in [0.25, 0.3) is 0 Å². The van der Waals surface area contributed by atoms with Crippen LogP contribution in [0.5, 0.6) is 0 Å². The quantitative estimate of drug-likeness (QED) is 0.510. The molecule has 7 nitrogen and oxygen atoms in total. The summed E-state index contributed by atoms with van der Waals surface area (Å²) in [6.07, 6.45) is 4.93. The summed E-state index contributed by atoms with van der Waals surface area (Å²) in [5.74, 6) is 1.64. The van der Waals surface area contributed by atoms with Gasteiger partial charge in [-0.2, -0.15) is 5.10 Å². The van der Waals surface area contributed by atoms with Crippen molar-refractivity contribution in [3.05, 3.63) is 72.2 Å². The van der Waals surface area contributed by atoms with E-state index in [0.29, 0.717) is 19.6 Å². The lowest BCUT2D eigenvalue weighted by atomic mass is 10.1. The minimum Gasteiger partial charge on any atom is -0.467 e. The average molecular weight is 338 g/mol. The Balaban J connectivity index is 1.61. The molecule has 0 radical (unpaired) electrons. The number of nitrogens with one attached hydrogen (secondary N) is 2. The minimum absolute atomic E-state index is 0.596. The topological polar surface area (TPSA) is 80.3 Å². The van der Waals surface area contributed by atoms with Crippen LogP contribution in [-0.2, 0) is 19.6 Å². The number of benzene rings is 1. The van der Waals surface area contributed by atoms with Crippen LogP contribution in [0.1, 0.15) is 23.8 Å². The van der Waals surface area contributed by atoms with E-state index in [1.165, 1.54) is 5.56 Å². The first-order chi connectivity index (χ1) is 12.3. The third-order valence-corrected chi connectivity index (χ3v) is 3.58. The molecule has 130 valence electrons. The number of aliphatic imine (C=N–C) groups is 1. The Morgan fingerprint density at radius 2 is 2.12 bits per heavy atom. The lowest BCUT2D eigenvalue weighted by Crippen LogP contribution is -2.36. The van der Waals surface area contributed by atoms with Gasteiger partial charge in [0.05, 0.1) is 25.9 Å². The smallest absolute Gasteiger partial charge is 0.191 e. The molecule has 0 unspecified atom stereocenters. The second-order valence-corrected chi connectivity index (χ2v) is 5.54. The Hall–Kier alpha value is -3.09. The fourth-order valence-electron chi connectivity index (χ4n) is 2.42. The van der Waals surface area contributed by atoms with Crippen LogP contribution < -0.4 is 10.6 Å². The molecule has 3 aromatic rings. The molecule has 7 heteroatoms. The summed E-state index contributed by atoms with van der Waals surface area (Å²) in [5, 5.41) is 10.6. The molecule has 0 aliphatic carbocycles. The van der Waals surface area contributed by atoms with Crippen molar-refractivity contribution in [1.29, 1.82) is 0 Å². The Kier molecular flexibility index (Phi) is 5.82. The number of hydrogen-bond acceptors (Lipinski definition) is 4. The number of rotatable bonds is 7. The number of hydrogen-bond donors (Lipinski definition) is 2. The summed E-state index contributed by atoms with van der Waals surface area (Å²) in [5.41, 5.74) is 2.32. The molecule has 3 rings (SSSR count). The van der Waals surface area contributed by atoms with Crippen LogP contribution in [0.3, 0.4) is 0 Å². The first-order valence-electron chi connectivity index (χ1n) is 8.28. The lowest BCUT2D eigenvalue weighted by Gasteiger charge is -2.10. The van der Waals surface area contributed by atoms with E-state index in [1.54, 1.807) is 23.6 Å². The van der Waals surface area contributed by atoms with Gasteiger partial charge in [-0.3, -0.25) is 0 Å². The van der Waals surface area contributed by atoms with Gasteiger partial charge in [0.2, 0.25) is 0 Å². The van der Waals surface area contributed by atoms with Gasteiger partial charge >= 0.3 is 0 Å². The van der Waals surface area contributed by atoms with Gasteiger partial charge in [0.1, 0.15) is 18.4 Å². The van der Waals surface area contributed by atoms with Crippen molar-refractivity contribution < 1.29 is 4.42 Å². The first-order valence-corrected chi connectivity index (χ1v) is 8.28. The maximum atomic E-state index is 5.33. The molecule has 25 heavy (non-hydrogen) atoms. The monoisotopic (exact) mass is 338 g/mol. The molecule has 0 spiro atoms. The van der Waals surface area contributed by atoms with Crippen LogP contribution in [-0.4, -0.2) is 27.3 Å². The fraction of sp³-hybridized carbons (Fsp3) is 0.278. The molecule has 2 N–H and O–H groups in total. The van der Waals surface area contributed by atoms with Crippen LogP contribution in [0.2, 0.25) is 0 Å². The van der Waals surface area contributed by atoms with Gasteiger partial charge in [-0.25, -0.2) is 14.7 Å². The highest BCUT2D eigenvalue weighted by Crippen LogP contribution is 2.08. The predicted octanol–water partition coefficient (Wildman–Crippen LogP) is 2.17. The van der Waals surface area contributed by atoms with Crippen molar-refractivity contribution in [3.8, 4) is 0 Å². The van der Waals surface area contributed by atoms with Crippen LogP contribution in [0.4, 0.5) is 0 Å². The molecule has 0 aliphatic rings. The summed E-state index contributed by atoms with van der Waals surface area (Å²) in [7, 11) is 0. The van der Waals surface area contributed by atoms with Gasteiger partial charge in [-0.15, -0.1) is 0 Å². The van der Waals surface area contributed by atoms with E-state index in [9.17, 15) is 0 Å². The van der Waals surface area contributed by atoms with Gasteiger partial charge < -0.3 is 15.1 Å². The van der Waals surface area contributed by atoms with Crippen molar-refractivity contribution in [2.45, 2.75) is 26.6 Å². The highest BCUT2D eigenvalue weighted by atomic mass is 16.3. The zero-order chi connectivity index (χ0) is 17.3. The molecule has 0 fully saturated rings. The molecule has 0 atom stereocenters. The van der Waals surface area contributed by atoms with Crippen LogP contribution in [0, 0.1) is 0 Å². The largest absolute Gasteiger partial charge is 0.467 e. The van der Waals surface area contributed by atoms with E-state index in [2.05, 4.69) is 43.9 Å². The minimum atomic E-state index is 0.596. The van der Waals surface area contributed by atoms with E-state index in [1.807, 2.05) is 25.1 Å². The second kappa shape index (κ2) is 8.68. The van der Waals surface area contributed by atoms with E-state index in [-0.39, 0.29) is 0 Å². The Bertz CT molecular complexity index is 780. The first kappa shape index (κ1) is 16.8. The fourth-order valence-corrected chi connectivity index (χ4v) is 2.42. The molecule has 0 saturated heterocycles. The van der Waals surface area contributed by atoms with Crippen molar-refractivity contribution in [2.24, 2.45) is 4.99 Å². The van der Waals surface area contributed by atoms with Gasteiger partial charge in [-0.1, -0.05) is 24.3 Å². The van der Waals surface area contributed by atoms with Gasteiger partial charge in [-0.05, 0) is 30.2 Å². The van der Waals surface area contributed by atoms with Crippen LogP contribution in [0.25, 0.3) is 0 Å². The summed E-state index contributed by atoms with van der Waals surface area (Å²) in [6.45, 7) is 4.75. The molecule has 0 amide bonds. The van der Waals surface area contributed by atoms with Crippen molar-refractivity contribution in [2.75, 3.05) is 6.54 Å². The highest BCUT2D eigenvalue weighted by molar-refractivity contribution is 5.79. The number of furan rings is 1. The second-order valence-electron chi connectivity index (χ2n) is 5.54. The number of guanidine groups is 1. The van der Waals surface area contributed by atoms with Crippen molar-refractivity contribution in [3.63, 3.8) is 0 Å². The van der Waals surface area contributed by atoms with Gasteiger partial charge in [0.15, 0.2) is 5.96 Å². The van der Waals surface area contributed by atoms with E-state index < -0.39 is 0 Å². The molecular weight excluding hydrogens is 316 g/mol. The number of aromatic nitrogens is 3. The standard InChI is InChI=1S/C18H22N6O/c1-2-20-18(22-11-17-7-4-8-25-17)21-10-15-5-3-6-16(9-15)12-24-14-19-13-23-24/h3-9,13-14H,2,10-12H2,1H3,(H2,20,21,22). The summed E-state index contributed by atoms with van der Waals surface area (Å²) in [6, 6.07) is 12.1. The molecule has 0 aliphatic heterocycles. The zero-order valence-corrected chi connectivity index (χ0v) is 14.2. The Morgan fingerprint density at radius 3 is 2.88 bits per heavy atom. The molecule has 1 aromatic carbocycles. The van der Waals surface area contributed by atoms with Crippen LogP contribution >= 0.6 is 0 Å². The SMILES string of the molecule is CCNC(=NCc1cccc(Cn2cncn2)c1)NCc1ccco1. The molecular formula is C18H22N6O. The normalized spacial score (nSPS) is 11.5. The van der Waals surface area contributed by atoms with Gasteiger partial charge in [0, 0.05) is 6.54 Å². The lowest BCUT2D eigenvalue weighted by molar-refractivity contribution is 0.501. The molecule has 2 heterocycles. The highest BCUT2D eigenvalue weighted by Gasteiger charge is 2.01. The number of nitrogens with zero attached hydrogens (tertiary/aromatic N) is 4. The summed E-state index contributed by atoms with van der Waals surface area (Å²) in [4.78, 5) is 8.61. The van der Waals surface area contributed by atoms with Crippen molar-refractivity contribution >= 4 is 5.96 Å². The molecule has 0 bridgehead atoms. The summed E-state index contributed by atoms with van der Waals surface area (Å²) >= 11 is 0. The molecule has 0 saturated carbocycles. The maximum Gasteiger partial charge on any atom is 0.191 e. The van der Waals surface area contributed by atoms with E-state index in [4.69, 9.17) is 4.42 Å². The average Bonchev–Trinajstić information content (AvgIpc) is 3.31. The predicted molar refractivity (Wildman–Crippen MR) is 95.9 cm³/mol. The Morgan fingerprint density at radius 1 is 1.20 bits per heavy atom. The third kappa shape index (κ3) is 5.20. The Labute approximate surface area is 146 Å².